The van der Waals surface area contributed by atoms with E-state index in [2.05, 4.69) is 20.8 Å². The summed E-state index contributed by atoms with van der Waals surface area (Å²) in [7, 11) is 0. The molecule has 290 valence electrons. The van der Waals surface area contributed by atoms with Crippen LogP contribution in [0.15, 0.2) is 0 Å². The molecule has 0 saturated carbocycles. The van der Waals surface area contributed by atoms with Gasteiger partial charge in [-0.1, -0.05) is 201 Å². The van der Waals surface area contributed by atoms with Gasteiger partial charge in [0.1, 0.15) is 13.2 Å². The minimum atomic E-state index is -0.755. The van der Waals surface area contributed by atoms with Crippen molar-refractivity contribution in [2.24, 2.45) is 0 Å². The Balaban J connectivity index is 4.18. The normalized spacial score (nSPS) is 11.8. The van der Waals surface area contributed by atoms with E-state index in [0.29, 0.717) is 19.3 Å². The minimum absolute atomic E-state index is 0.0641. The lowest BCUT2D eigenvalue weighted by Gasteiger charge is -2.18. The molecule has 0 aromatic rings. The topological polar surface area (TPSA) is 78.9 Å². The molecular weight excluding hydrogens is 612 g/mol. The van der Waals surface area contributed by atoms with Gasteiger partial charge in [0.15, 0.2) is 6.10 Å². The molecule has 1 atom stereocenters. The van der Waals surface area contributed by atoms with E-state index in [1.165, 1.54) is 135 Å². The third-order valence-electron chi connectivity index (χ3n) is 9.61. The summed E-state index contributed by atoms with van der Waals surface area (Å²) in [5, 5.41) is 0. The SMILES string of the molecule is CCCCCCCCCCCCCCCCCC(=O)OCC(COC(=O)CCCCCCC)OC(=O)CCCCCCCCCCCCC. The summed E-state index contributed by atoms with van der Waals surface area (Å²) in [6.45, 7) is 6.56. The van der Waals surface area contributed by atoms with Gasteiger partial charge in [0.2, 0.25) is 0 Å². The summed E-state index contributed by atoms with van der Waals surface area (Å²) in [5.74, 6) is -0.870. The first-order valence-electron chi connectivity index (χ1n) is 21.5. The molecule has 0 aliphatic carbocycles. The number of carbonyl (C=O) groups excluding carboxylic acids is 3. The fourth-order valence-corrected chi connectivity index (χ4v) is 6.32. The zero-order valence-corrected chi connectivity index (χ0v) is 33.0. The highest BCUT2D eigenvalue weighted by molar-refractivity contribution is 5.71. The zero-order chi connectivity index (χ0) is 35.9. The van der Waals surface area contributed by atoms with Crippen molar-refractivity contribution in [2.45, 2.75) is 245 Å². The molecule has 0 heterocycles. The minimum Gasteiger partial charge on any atom is -0.462 e. The second-order valence-electron chi connectivity index (χ2n) is 14.6. The van der Waals surface area contributed by atoms with Gasteiger partial charge in [-0.3, -0.25) is 14.4 Å². The quantitative estimate of drug-likeness (QED) is 0.0362. The molecule has 0 radical (unpaired) electrons. The van der Waals surface area contributed by atoms with Gasteiger partial charge >= 0.3 is 17.9 Å². The van der Waals surface area contributed by atoms with Crippen LogP contribution in [0.5, 0.6) is 0 Å². The Labute approximate surface area is 304 Å². The maximum atomic E-state index is 12.6. The van der Waals surface area contributed by atoms with E-state index in [0.717, 1.165) is 64.2 Å². The average molecular weight is 695 g/mol. The Hall–Kier alpha value is -1.59. The first kappa shape index (κ1) is 47.4. The number of esters is 3. The average Bonchev–Trinajstić information content (AvgIpc) is 3.09. The lowest BCUT2D eigenvalue weighted by atomic mass is 10.0. The molecule has 6 heteroatoms. The first-order valence-corrected chi connectivity index (χ1v) is 21.5. The molecule has 0 amide bonds. The van der Waals surface area contributed by atoms with Gasteiger partial charge < -0.3 is 14.2 Å². The monoisotopic (exact) mass is 695 g/mol. The standard InChI is InChI=1S/C43H82O6/c1-4-7-10-13-15-17-19-20-21-22-24-25-27-30-33-36-42(45)48-39-40(38-47-41(44)35-32-29-12-9-6-3)49-43(46)37-34-31-28-26-23-18-16-14-11-8-5-2/h40H,4-39H2,1-3H3. The smallest absolute Gasteiger partial charge is 0.306 e. The van der Waals surface area contributed by atoms with Crippen LogP contribution < -0.4 is 0 Å². The summed E-state index contributed by atoms with van der Waals surface area (Å²) >= 11 is 0. The van der Waals surface area contributed by atoms with Crippen LogP contribution >= 0.6 is 0 Å². The van der Waals surface area contributed by atoms with Gasteiger partial charge in [-0.15, -0.1) is 0 Å². The lowest BCUT2D eigenvalue weighted by molar-refractivity contribution is -0.167. The van der Waals surface area contributed by atoms with E-state index in [1.807, 2.05) is 0 Å². The maximum Gasteiger partial charge on any atom is 0.306 e. The van der Waals surface area contributed by atoms with Gasteiger partial charge in [0, 0.05) is 19.3 Å². The molecule has 0 spiro atoms. The van der Waals surface area contributed by atoms with E-state index in [-0.39, 0.29) is 31.1 Å². The molecule has 0 aliphatic heterocycles. The van der Waals surface area contributed by atoms with Crippen LogP contribution in [0.3, 0.4) is 0 Å². The molecule has 0 N–H and O–H groups in total. The van der Waals surface area contributed by atoms with Crippen LogP contribution in [0.25, 0.3) is 0 Å². The van der Waals surface area contributed by atoms with Crippen LogP contribution in [0, 0.1) is 0 Å². The first-order chi connectivity index (χ1) is 24.0. The maximum absolute atomic E-state index is 12.6. The van der Waals surface area contributed by atoms with Crippen molar-refractivity contribution in [3.63, 3.8) is 0 Å². The van der Waals surface area contributed by atoms with E-state index in [1.54, 1.807) is 0 Å². The van der Waals surface area contributed by atoms with Crippen LogP contribution in [-0.2, 0) is 28.6 Å². The van der Waals surface area contributed by atoms with E-state index < -0.39 is 6.10 Å². The van der Waals surface area contributed by atoms with Crippen LogP contribution in [0.4, 0.5) is 0 Å². The van der Waals surface area contributed by atoms with Gasteiger partial charge in [-0.2, -0.15) is 0 Å². The predicted molar refractivity (Wildman–Crippen MR) is 206 cm³/mol. The van der Waals surface area contributed by atoms with E-state index in [4.69, 9.17) is 14.2 Å². The Morgan fingerprint density at radius 1 is 0.327 bits per heavy atom. The van der Waals surface area contributed by atoms with Gasteiger partial charge in [0.25, 0.3) is 0 Å². The molecule has 0 saturated heterocycles. The van der Waals surface area contributed by atoms with Crippen molar-refractivity contribution in [1.82, 2.24) is 0 Å². The van der Waals surface area contributed by atoms with Crippen molar-refractivity contribution < 1.29 is 28.6 Å². The molecule has 0 bridgehead atoms. The summed E-state index contributed by atoms with van der Waals surface area (Å²) < 4.78 is 16.6. The second kappa shape index (κ2) is 39.2. The Morgan fingerprint density at radius 3 is 0.816 bits per heavy atom. The van der Waals surface area contributed by atoms with Crippen LogP contribution in [0.1, 0.15) is 239 Å². The predicted octanol–water partition coefficient (Wildman–Crippen LogP) is 13.3. The second-order valence-corrected chi connectivity index (χ2v) is 14.6. The fourth-order valence-electron chi connectivity index (χ4n) is 6.32. The Kier molecular flexibility index (Phi) is 37.9. The summed E-state index contributed by atoms with van der Waals surface area (Å²) in [6, 6.07) is 0. The van der Waals surface area contributed by atoms with Gasteiger partial charge in [0.05, 0.1) is 0 Å². The molecule has 0 aliphatic rings. The number of rotatable bonds is 39. The summed E-state index contributed by atoms with van der Waals surface area (Å²) in [6.07, 6.45) is 38.2. The van der Waals surface area contributed by atoms with Gasteiger partial charge in [-0.25, -0.2) is 0 Å². The molecule has 0 fully saturated rings. The van der Waals surface area contributed by atoms with E-state index in [9.17, 15) is 14.4 Å². The number of ether oxygens (including phenoxy) is 3. The zero-order valence-electron chi connectivity index (χ0n) is 33.0. The molecule has 0 aromatic carbocycles. The molecular formula is C43H82O6. The largest absolute Gasteiger partial charge is 0.462 e. The lowest BCUT2D eigenvalue weighted by Crippen LogP contribution is -2.30. The van der Waals surface area contributed by atoms with Gasteiger partial charge in [-0.05, 0) is 19.3 Å². The highest BCUT2D eigenvalue weighted by Gasteiger charge is 2.19. The van der Waals surface area contributed by atoms with Crippen molar-refractivity contribution in [1.29, 1.82) is 0 Å². The summed E-state index contributed by atoms with van der Waals surface area (Å²) in [4.78, 5) is 37.3. The third kappa shape index (κ3) is 37.5. The number of hydrogen-bond donors (Lipinski definition) is 0. The highest BCUT2D eigenvalue weighted by Crippen LogP contribution is 2.15. The Morgan fingerprint density at radius 2 is 0.551 bits per heavy atom. The van der Waals surface area contributed by atoms with Crippen molar-refractivity contribution >= 4 is 17.9 Å². The summed E-state index contributed by atoms with van der Waals surface area (Å²) in [5.41, 5.74) is 0. The number of hydrogen-bond acceptors (Lipinski definition) is 6. The fraction of sp³-hybridized carbons (Fsp3) is 0.930. The van der Waals surface area contributed by atoms with Crippen LogP contribution in [-0.4, -0.2) is 37.2 Å². The van der Waals surface area contributed by atoms with E-state index >= 15 is 0 Å². The van der Waals surface area contributed by atoms with Crippen molar-refractivity contribution in [2.75, 3.05) is 13.2 Å². The molecule has 1 unspecified atom stereocenters. The molecule has 49 heavy (non-hydrogen) atoms. The van der Waals surface area contributed by atoms with Crippen LogP contribution in [0.2, 0.25) is 0 Å². The van der Waals surface area contributed by atoms with Crippen molar-refractivity contribution in [3.8, 4) is 0 Å². The molecule has 6 nitrogen and oxygen atoms in total. The Bertz CT molecular complexity index is 723. The molecule has 0 rings (SSSR count). The molecule has 0 aromatic heterocycles. The number of unbranched alkanes of at least 4 members (excludes halogenated alkanes) is 28. The third-order valence-corrected chi connectivity index (χ3v) is 9.61. The van der Waals surface area contributed by atoms with Crippen molar-refractivity contribution in [3.05, 3.63) is 0 Å². The number of carbonyl (C=O) groups is 3. The highest BCUT2D eigenvalue weighted by atomic mass is 16.6.